The fourth-order valence-corrected chi connectivity index (χ4v) is 8.81. The van der Waals surface area contributed by atoms with E-state index >= 15 is 0 Å². The Labute approximate surface area is 296 Å². The fraction of sp³-hybridized carbons (Fsp3) is 0.571. The predicted octanol–water partition coefficient (Wildman–Crippen LogP) is 3.91. The van der Waals surface area contributed by atoms with E-state index in [-0.39, 0.29) is 25.5 Å². The van der Waals surface area contributed by atoms with Gasteiger partial charge in [0.15, 0.2) is 0 Å². The van der Waals surface area contributed by atoms with Gasteiger partial charge in [0.1, 0.15) is 35.6 Å². The lowest BCUT2D eigenvalue weighted by Crippen LogP contribution is -2.60. The maximum atomic E-state index is 14.4. The van der Waals surface area contributed by atoms with E-state index in [0.717, 1.165) is 30.6 Å². The van der Waals surface area contributed by atoms with Crippen LogP contribution >= 0.6 is 11.3 Å². The molecule has 2 aromatic rings. The van der Waals surface area contributed by atoms with Crippen molar-refractivity contribution in [2.75, 3.05) is 6.54 Å². The van der Waals surface area contributed by atoms with Crippen LogP contribution < -0.4 is 20.1 Å². The van der Waals surface area contributed by atoms with Crippen LogP contribution in [0.5, 0.6) is 5.75 Å². The molecule has 4 fully saturated rings. The first kappa shape index (κ1) is 35.8. The smallest absolute Gasteiger partial charge is 0.408 e. The van der Waals surface area contributed by atoms with Gasteiger partial charge in [0.25, 0.3) is 5.91 Å². The number of ether oxygens (including phenoxy) is 2. The van der Waals surface area contributed by atoms with Crippen LogP contribution in [0.2, 0.25) is 0 Å². The number of alkyl carbamates (subject to hydrolysis) is 1. The van der Waals surface area contributed by atoms with Crippen LogP contribution in [0.4, 0.5) is 4.79 Å². The van der Waals surface area contributed by atoms with Gasteiger partial charge in [-0.3, -0.25) is 24.1 Å². The highest BCUT2D eigenvalue weighted by Crippen LogP contribution is 2.45. The predicted molar refractivity (Wildman–Crippen MR) is 186 cm³/mol. The molecule has 3 saturated carbocycles. The van der Waals surface area contributed by atoms with E-state index in [9.17, 15) is 27.6 Å². The van der Waals surface area contributed by atoms with E-state index in [1.54, 1.807) is 18.3 Å². The van der Waals surface area contributed by atoms with Gasteiger partial charge in [0, 0.05) is 24.6 Å². The maximum Gasteiger partial charge on any atom is 0.408 e. The van der Waals surface area contributed by atoms with Crippen LogP contribution in [0.3, 0.4) is 0 Å². The molecule has 1 aliphatic heterocycles. The number of nitrogens with one attached hydrogen (secondary N) is 3. The molecule has 4 amide bonds. The van der Waals surface area contributed by atoms with Crippen molar-refractivity contribution in [3.05, 3.63) is 48.5 Å². The van der Waals surface area contributed by atoms with Gasteiger partial charge in [-0.15, -0.1) is 17.9 Å². The van der Waals surface area contributed by atoms with Crippen molar-refractivity contribution in [2.45, 2.75) is 107 Å². The maximum absolute atomic E-state index is 14.4. The van der Waals surface area contributed by atoms with Gasteiger partial charge in [-0.1, -0.05) is 32.9 Å². The Hall–Kier alpha value is -3.98. The number of rotatable bonds is 12. The number of pyridine rings is 1. The Morgan fingerprint density at radius 1 is 1.12 bits per heavy atom. The normalized spacial score (nSPS) is 25.7. The second-order valence-corrected chi connectivity index (χ2v) is 17.7. The van der Waals surface area contributed by atoms with Crippen LogP contribution in [-0.2, 0) is 29.1 Å². The van der Waals surface area contributed by atoms with Crippen molar-refractivity contribution in [1.29, 1.82) is 0 Å². The highest BCUT2D eigenvalue weighted by Gasteiger charge is 2.62. The molecule has 0 spiro atoms. The van der Waals surface area contributed by atoms with Crippen molar-refractivity contribution >= 4 is 45.2 Å². The second kappa shape index (κ2) is 14.0. The summed E-state index contributed by atoms with van der Waals surface area (Å²) in [6, 6.07) is 5.21. The summed E-state index contributed by atoms with van der Waals surface area (Å²) in [4.78, 5) is 61.8. The highest BCUT2D eigenvalue weighted by molar-refractivity contribution is 7.91. The number of likely N-dealkylation sites (tertiary alicyclic amines) is 1. The minimum Gasteiger partial charge on any atom is -0.488 e. The van der Waals surface area contributed by atoms with Gasteiger partial charge < -0.3 is 25.0 Å². The molecule has 3 aliphatic carbocycles. The number of carbonyl (C=O) groups is 4. The summed E-state index contributed by atoms with van der Waals surface area (Å²) in [7, 11) is -3.88. The molecule has 15 heteroatoms. The highest BCUT2D eigenvalue weighted by atomic mass is 32.2. The second-order valence-electron chi connectivity index (χ2n) is 14.8. The number of hydrogen-bond donors (Lipinski definition) is 3. The third-order valence-corrected chi connectivity index (χ3v) is 12.6. The van der Waals surface area contributed by atoms with E-state index in [0.29, 0.717) is 24.3 Å². The molecule has 50 heavy (non-hydrogen) atoms. The Balaban J connectivity index is 1.24. The Bertz CT molecular complexity index is 1730. The van der Waals surface area contributed by atoms with E-state index in [4.69, 9.17) is 9.47 Å². The first-order valence-electron chi connectivity index (χ1n) is 17.1. The number of sulfonamides is 1. The van der Waals surface area contributed by atoms with Crippen LogP contribution in [0.25, 0.3) is 10.6 Å². The van der Waals surface area contributed by atoms with Gasteiger partial charge in [0.2, 0.25) is 21.8 Å². The quantitative estimate of drug-likeness (QED) is 0.274. The third kappa shape index (κ3) is 7.83. The number of aromatic nitrogens is 1. The van der Waals surface area contributed by atoms with Crippen LogP contribution in [0.15, 0.2) is 48.5 Å². The van der Waals surface area contributed by atoms with Crippen LogP contribution in [-0.4, -0.2) is 83.7 Å². The molecular formula is C35H45N5O8S2. The molecule has 3 N–H and O–H groups in total. The minimum absolute atomic E-state index is 0.0135. The van der Waals surface area contributed by atoms with Crippen molar-refractivity contribution in [1.82, 2.24) is 25.2 Å². The van der Waals surface area contributed by atoms with Crippen LogP contribution in [0, 0.1) is 11.3 Å². The molecule has 1 saturated heterocycles. The van der Waals surface area contributed by atoms with E-state index < -0.39 is 74.1 Å². The van der Waals surface area contributed by atoms with Gasteiger partial charge in [-0.2, -0.15) is 0 Å². The largest absolute Gasteiger partial charge is 0.488 e. The summed E-state index contributed by atoms with van der Waals surface area (Å²) in [6.07, 6.45) is 6.24. The van der Waals surface area contributed by atoms with Crippen molar-refractivity contribution in [3.8, 4) is 16.3 Å². The monoisotopic (exact) mass is 727 g/mol. The summed E-state index contributed by atoms with van der Waals surface area (Å²) in [5.74, 6) is -1.97. The summed E-state index contributed by atoms with van der Waals surface area (Å²) >= 11 is 1.53. The van der Waals surface area contributed by atoms with E-state index in [1.165, 1.54) is 22.3 Å². The molecule has 2 aromatic heterocycles. The molecule has 5 atom stereocenters. The molecule has 4 aliphatic rings. The molecule has 6 rings (SSSR count). The van der Waals surface area contributed by atoms with Gasteiger partial charge in [0.05, 0.1) is 22.4 Å². The molecule has 0 aromatic carbocycles. The van der Waals surface area contributed by atoms with Gasteiger partial charge in [-0.05, 0) is 67.9 Å². The average molecular weight is 728 g/mol. The zero-order chi connectivity index (χ0) is 35.8. The molecular weight excluding hydrogens is 683 g/mol. The van der Waals surface area contributed by atoms with Gasteiger partial charge in [-0.25, -0.2) is 13.2 Å². The van der Waals surface area contributed by atoms with Crippen LogP contribution in [0.1, 0.15) is 72.1 Å². The number of nitrogens with zero attached hydrogens (tertiary/aromatic N) is 2. The number of thiophene rings is 1. The number of carbonyl (C=O) groups excluding carboxylic acids is 4. The Morgan fingerprint density at radius 2 is 1.86 bits per heavy atom. The SMILES string of the molecule is C=C[C@@H]1C[C@]1(NC(=O)[C@@H]1C[C@@H](Oc2ccnc(-c3cccs3)c2)CN1C(=O)[C@@H](NC(=O)OC1CCCC1)C(C)(C)C)C(=O)NS(=O)(=O)C1CC1. The topological polar surface area (TPSA) is 173 Å². The lowest BCUT2D eigenvalue weighted by atomic mass is 9.85. The van der Waals surface area contributed by atoms with Gasteiger partial charge >= 0.3 is 6.09 Å². The molecule has 270 valence electrons. The minimum atomic E-state index is -3.88. The molecule has 13 nitrogen and oxygen atoms in total. The number of amides is 4. The van der Waals surface area contributed by atoms with Crippen molar-refractivity contribution in [2.24, 2.45) is 11.3 Å². The average Bonchev–Trinajstić information content (AvgIpc) is 3.81. The lowest BCUT2D eigenvalue weighted by molar-refractivity contribution is -0.143. The summed E-state index contributed by atoms with van der Waals surface area (Å²) in [5, 5.41) is 6.89. The number of hydrogen-bond acceptors (Lipinski definition) is 10. The standard InChI is InChI=1S/C35H45N5O8S2/c1-5-21-19-35(21,32(43)39-50(45,46)25-12-13-25)38-30(41)27-18-24(47-23-14-15-36-26(17-23)28-11-8-16-49-28)20-40(27)31(42)29(34(2,3)4)37-33(44)48-22-9-6-7-10-22/h5,8,11,14-17,21-22,24-25,27,29H,1,6-7,9-10,12-13,18-20H2,2-4H3,(H,37,44)(H,38,41)(H,39,43)/t21-,24-,27+,29-,35-/m1/s1. The fourth-order valence-electron chi connectivity index (χ4n) is 6.75. The first-order chi connectivity index (χ1) is 23.7. The Morgan fingerprint density at radius 3 is 2.48 bits per heavy atom. The van der Waals surface area contributed by atoms with E-state index in [1.807, 2.05) is 38.3 Å². The third-order valence-electron chi connectivity index (χ3n) is 9.86. The molecule has 3 heterocycles. The summed E-state index contributed by atoms with van der Waals surface area (Å²) in [5.41, 5.74) is -1.58. The zero-order valence-electron chi connectivity index (χ0n) is 28.6. The summed E-state index contributed by atoms with van der Waals surface area (Å²) in [6.45, 7) is 9.22. The Kier molecular flexibility index (Phi) is 10.0. The van der Waals surface area contributed by atoms with Crippen molar-refractivity contribution < 1.29 is 37.1 Å². The van der Waals surface area contributed by atoms with E-state index in [2.05, 4.69) is 26.9 Å². The first-order valence-corrected chi connectivity index (χ1v) is 19.6. The molecule has 0 bridgehead atoms. The molecule has 0 unspecified atom stereocenters. The summed E-state index contributed by atoms with van der Waals surface area (Å²) < 4.78 is 39.4. The van der Waals surface area contributed by atoms with Crippen molar-refractivity contribution in [3.63, 3.8) is 0 Å². The molecule has 0 radical (unpaired) electrons. The lowest BCUT2D eigenvalue weighted by Gasteiger charge is -2.35. The zero-order valence-corrected chi connectivity index (χ0v) is 30.2.